The average Bonchev–Trinajstić information content (AvgIpc) is 2.30. The van der Waals surface area contributed by atoms with Crippen molar-refractivity contribution in [2.75, 3.05) is 11.1 Å². The lowest BCUT2D eigenvalue weighted by Gasteiger charge is -2.09. The molecule has 2 rings (SSSR count). The third-order valence-electron chi connectivity index (χ3n) is 2.22. The van der Waals surface area contributed by atoms with Crippen molar-refractivity contribution in [2.24, 2.45) is 0 Å². The molecule has 1 aromatic carbocycles. The smallest absolute Gasteiger partial charge is 0.169 e. The summed E-state index contributed by atoms with van der Waals surface area (Å²) in [5.74, 6) is 0.860. The highest BCUT2D eigenvalue weighted by Crippen LogP contribution is 2.25. The number of aromatic nitrogens is 2. The van der Waals surface area contributed by atoms with Crippen molar-refractivity contribution < 1.29 is 0 Å². The van der Waals surface area contributed by atoms with E-state index in [-0.39, 0.29) is 0 Å². The van der Waals surface area contributed by atoms with E-state index < -0.39 is 0 Å². The topological polar surface area (TPSA) is 63.8 Å². The van der Waals surface area contributed by atoms with Crippen molar-refractivity contribution in [2.45, 2.75) is 6.54 Å². The van der Waals surface area contributed by atoms with Gasteiger partial charge in [-0.25, -0.2) is 9.97 Å². The van der Waals surface area contributed by atoms with E-state index in [0.717, 1.165) is 5.56 Å². The fraction of sp³-hybridized carbons (Fsp3) is 0.0909. The first-order valence-corrected chi connectivity index (χ1v) is 5.67. The van der Waals surface area contributed by atoms with Crippen molar-refractivity contribution >= 4 is 34.8 Å². The minimum Gasteiger partial charge on any atom is -0.381 e. The number of nitrogens with two attached hydrogens (primary N) is 1. The Hall–Kier alpha value is -1.52. The van der Waals surface area contributed by atoms with E-state index in [9.17, 15) is 0 Å². The monoisotopic (exact) mass is 268 g/mol. The summed E-state index contributed by atoms with van der Waals surface area (Å²) in [6.07, 6.45) is 3.09. The van der Waals surface area contributed by atoms with Gasteiger partial charge in [0.25, 0.3) is 0 Å². The first-order valence-electron chi connectivity index (χ1n) is 4.91. The third-order valence-corrected chi connectivity index (χ3v) is 2.93. The summed E-state index contributed by atoms with van der Waals surface area (Å²) in [6.45, 7) is 0.446. The Morgan fingerprint density at radius 2 is 1.76 bits per heavy atom. The van der Waals surface area contributed by atoms with Gasteiger partial charge in [-0.3, -0.25) is 0 Å². The van der Waals surface area contributed by atoms with Gasteiger partial charge < -0.3 is 11.1 Å². The minimum atomic E-state index is 0.343. The zero-order valence-corrected chi connectivity index (χ0v) is 10.3. The number of rotatable bonds is 3. The quantitative estimate of drug-likeness (QED) is 0.899. The van der Waals surface area contributed by atoms with E-state index in [1.807, 2.05) is 0 Å². The normalized spacial score (nSPS) is 10.2. The molecule has 17 heavy (non-hydrogen) atoms. The van der Waals surface area contributed by atoms with Crippen molar-refractivity contribution in [3.8, 4) is 0 Å². The summed E-state index contributed by atoms with van der Waals surface area (Å²) in [5.41, 5.74) is 6.47. The molecule has 0 saturated heterocycles. The van der Waals surface area contributed by atoms with Crippen molar-refractivity contribution in [1.29, 1.82) is 0 Å². The molecule has 0 aliphatic rings. The van der Waals surface area contributed by atoms with Gasteiger partial charge in [-0.2, -0.15) is 0 Å². The van der Waals surface area contributed by atoms with Crippen LogP contribution < -0.4 is 11.1 Å². The summed E-state index contributed by atoms with van der Waals surface area (Å²) in [4.78, 5) is 7.99. The molecule has 0 amide bonds. The summed E-state index contributed by atoms with van der Waals surface area (Å²) >= 11 is 12.1. The summed E-state index contributed by atoms with van der Waals surface area (Å²) in [7, 11) is 0. The van der Waals surface area contributed by atoms with Crippen molar-refractivity contribution in [3.05, 3.63) is 46.2 Å². The van der Waals surface area contributed by atoms with E-state index in [1.54, 1.807) is 24.4 Å². The number of benzene rings is 1. The van der Waals surface area contributed by atoms with Crippen LogP contribution in [-0.2, 0) is 6.54 Å². The highest BCUT2D eigenvalue weighted by Gasteiger charge is 2.06. The molecular formula is C11H10Cl2N4. The summed E-state index contributed by atoms with van der Waals surface area (Å²) < 4.78 is 0. The highest BCUT2D eigenvalue weighted by molar-refractivity contribution is 6.36. The van der Waals surface area contributed by atoms with E-state index in [0.29, 0.717) is 28.2 Å². The van der Waals surface area contributed by atoms with Gasteiger partial charge in [0.05, 0.1) is 0 Å². The molecule has 0 bridgehead atoms. The lowest BCUT2D eigenvalue weighted by atomic mass is 10.2. The number of nitrogens with one attached hydrogen (secondary N) is 1. The molecule has 6 heteroatoms. The Balaban J connectivity index is 2.16. The fourth-order valence-corrected chi connectivity index (χ4v) is 1.89. The Morgan fingerprint density at radius 3 is 2.41 bits per heavy atom. The van der Waals surface area contributed by atoms with Gasteiger partial charge in [0.1, 0.15) is 0 Å². The van der Waals surface area contributed by atoms with Crippen LogP contribution in [0.5, 0.6) is 0 Å². The highest BCUT2D eigenvalue weighted by atomic mass is 35.5. The van der Waals surface area contributed by atoms with Crippen LogP contribution >= 0.6 is 23.2 Å². The molecule has 1 heterocycles. The lowest BCUT2D eigenvalue weighted by molar-refractivity contribution is 1.09. The van der Waals surface area contributed by atoms with Gasteiger partial charge in [-0.15, -0.1) is 0 Å². The molecule has 3 N–H and O–H groups in total. The first-order chi connectivity index (χ1) is 8.18. The second-order valence-electron chi connectivity index (χ2n) is 3.34. The second-order valence-corrected chi connectivity index (χ2v) is 4.16. The molecule has 88 valence electrons. The van der Waals surface area contributed by atoms with Gasteiger partial charge in [-0.05, 0) is 12.1 Å². The molecule has 0 aliphatic carbocycles. The Morgan fingerprint density at radius 1 is 1.12 bits per heavy atom. The molecule has 2 aromatic rings. The van der Waals surface area contributed by atoms with Crippen LogP contribution in [0.2, 0.25) is 10.0 Å². The molecule has 0 saturated carbocycles. The van der Waals surface area contributed by atoms with Gasteiger partial charge in [-0.1, -0.05) is 29.3 Å². The maximum atomic E-state index is 6.04. The molecule has 1 aromatic heterocycles. The van der Waals surface area contributed by atoms with Crippen LogP contribution in [-0.4, -0.2) is 9.97 Å². The molecule has 0 radical (unpaired) electrons. The number of anilines is 2. The lowest BCUT2D eigenvalue weighted by Crippen LogP contribution is -2.06. The molecule has 0 spiro atoms. The van der Waals surface area contributed by atoms with E-state index in [2.05, 4.69) is 15.3 Å². The number of halogens is 2. The molecule has 0 unspecified atom stereocenters. The predicted molar refractivity (Wildman–Crippen MR) is 70.2 cm³/mol. The second kappa shape index (κ2) is 5.21. The Kier molecular flexibility index (Phi) is 3.66. The maximum absolute atomic E-state index is 6.04. The average molecular weight is 269 g/mol. The van der Waals surface area contributed by atoms with Gasteiger partial charge in [0.2, 0.25) is 0 Å². The van der Waals surface area contributed by atoms with Crippen LogP contribution in [0.1, 0.15) is 5.56 Å². The van der Waals surface area contributed by atoms with E-state index in [1.165, 1.54) is 6.20 Å². The summed E-state index contributed by atoms with van der Waals surface area (Å²) in [6, 6.07) is 5.36. The number of hydrogen-bond donors (Lipinski definition) is 2. The van der Waals surface area contributed by atoms with Crippen LogP contribution in [0.4, 0.5) is 11.6 Å². The predicted octanol–water partition coefficient (Wildman–Crippen LogP) is 2.98. The molecule has 0 atom stereocenters. The molecule has 0 fully saturated rings. The Labute approximate surface area is 109 Å². The Bertz CT molecular complexity index is 510. The fourth-order valence-electron chi connectivity index (χ4n) is 1.36. The SMILES string of the molecule is Nc1nccnc1NCc1c(Cl)cccc1Cl. The first kappa shape index (κ1) is 12.0. The molecule has 0 aliphatic heterocycles. The standard InChI is InChI=1S/C11H10Cl2N4/c12-8-2-1-3-9(13)7(8)6-17-11-10(14)15-4-5-16-11/h1-5H,6H2,(H2,14,15)(H,16,17). The summed E-state index contributed by atoms with van der Waals surface area (Å²) in [5, 5.41) is 4.25. The number of hydrogen-bond acceptors (Lipinski definition) is 4. The van der Waals surface area contributed by atoms with Crippen LogP contribution in [0.3, 0.4) is 0 Å². The van der Waals surface area contributed by atoms with Gasteiger partial charge in [0, 0.05) is 34.5 Å². The number of nitrogen functional groups attached to an aromatic ring is 1. The minimum absolute atomic E-state index is 0.343. The third kappa shape index (κ3) is 2.78. The van der Waals surface area contributed by atoms with Crippen LogP contribution in [0.25, 0.3) is 0 Å². The van der Waals surface area contributed by atoms with E-state index in [4.69, 9.17) is 28.9 Å². The molecular weight excluding hydrogens is 259 g/mol. The van der Waals surface area contributed by atoms with Gasteiger partial charge >= 0.3 is 0 Å². The maximum Gasteiger partial charge on any atom is 0.169 e. The molecule has 4 nitrogen and oxygen atoms in total. The van der Waals surface area contributed by atoms with Crippen LogP contribution in [0, 0.1) is 0 Å². The van der Waals surface area contributed by atoms with E-state index >= 15 is 0 Å². The van der Waals surface area contributed by atoms with Crippen molar-refractivity contribution in [3.63, 3.8) is 0 Å². The largest absolute Gasteiger partial charge is 0.381 e. The van der Waals surface area contributed by atoms with Crippen molar-refractivity contribution in [1.82, 2.24) is 9.97 Å². The zero-order valence-electron chi connectivity index (χ0n) is 8.82. The number of nitrogens with zero attached hydrogens (tertiary/aromatic N) is 2. The van der Waals surface area contributed by atoms with Crippen LogP contribution in [0.15, 0.2) is 30.6 Å². The van der Waals surface area contributed by atoms with Gasteiger partial charge in [0.15, 0.2) is 11.6 Å². The zero-order chi connectivity index (χ0) is 12.3.